The maximum Gasteiger partial charge on any atom is 0.121 e. The van der Waals surface area contributed by atoms with Gasteiger partial charge in [-0.3, -0.25) is 0 Å². The lowest BCUT2D eigenvalue weighted by Gasteiger charge is -2.18. The van der Waals surface area contributed by atoms with E-state index in [0.717, 1.165) is 10.2 Å². The van der Waals surface area contributed by atoms with Crippen molar-refractivity contribution in [2.75, 3.05) is 0 Å². The zero-order valence-corrected chi connectivity index (χ0v) is 10.5. The van der Waals surface area contributed by atoms with Gasteiger partial charge >= 0.3 is 0 Å². The fourth-order valence-electron chi connectivity index (χ4n) is 0.872. The number of ether oxygens (including phenoxy) is 1. The Morgan fingerprint density at radius 1 is 1.43 bits per heavy atom. The lowest BCUT2D eigenvalue weighted by Crippen LogP contribution is -2.33. The summed E-state index contributed by atoms with van der Waals surface area (Å²) in [5.74, 6) is 0.739. The van der Waals surface area contributed by atoms with Crippen LogP contribution in [-0.2, 0) is 0 Å². The van der Waals surface area contributed by atoms with Gasteiger partial charge in [0.05, 0.1) is 5.02 Å². The van der Waals surface area contributed by atoms with Gasteiger partial charge in [-0.25, -0.2) is 0 Å². The van der Waals surface area contributed by atoms with E-state index in [1.165, 1.54) is 0 Å². The van der Waals surface area contributed by atoms with E-state index in [1.807, 2.05) is 26.0 Å². The second kappa shape index (κ2) is 5.01. The minimum Gasteiger partial charge on any atom is -0.489 e. The molecule has 0 radical (unpaired) electrons. The molecule has 1 aromatic rings. The predicted octanol–water partition coefficient (Wildman–Crippen LogP) is 3.22. The number of rotatable bonds is 3. The maximum absolute atomic E-state index is 5.92. The van der Waals surface area contributed by atoms with Crippen molar-refractivity contribution in [2.24, 2.45) is 5.73 Å². The topological polar surface area (TPSA) is 35.2 Å². The van der Waals surface area contributed by atoms with E-state index in [9.17, 15) is 0 Å². The molecule has 0 aliphatic carbocycles. The van der Waals surface area contributed by atoms with Crippen LogP contribution in [0.1, 0.15) is 13.8 Å². The molecule has 0 spiro atoms. The van der Waals surface area contributed by atoms with Gasteiger partial charge in [0.2, 0.25) is 0 Å². The predicted molar refractivity (Wildman–Crippen MR) is 62.9 cm³/mol. The number of hydrogen-bond acceptors (Lipinski definition) is 2. The lowest BCUT2D eigenvalue weighted by molar-refractivity contribution is 0.196. The number of hydrogen-bond donors (Lipinski definition) is 1. The van der Waals surface area contributed by atoms with E-state index >= 15 is 0 Å². The van der Waals surface area contributed by atoms with Crippen molar-refractivity contribution in [1.82, 2.24) is 0 Å². The molecule has 78 valence electrons. The number of halogens is 2. The Morgan fingerprint density at radius 3 is 2.57 bits per heavy atom. The Kier molecular flexibility index (Phi) is 4.23. The van der Waals surface area contributed by atoms with E-state index in [2.05, 4.69) is 15.9 Å². The molecular weight excluding hydrogens is 265 g/mol. The molecule has 0 aliphatic heterocycles. The van der Waals surface area contributed by atoms with Gasteiger partial charge in [-0.05, 0) is 48.0 Å². The molecule has 1 rings (SSSR count). The minimum absolute atomic E-state index is 0.00239. The molecule has 0 saturated carbocycles. The highest BCUT2D eigenvalue weighted by atomic mass is 79.9. The Hall–Kier alpha value is -0.250. The van der Waals surface area contributed by atoms with Crippen LogP contribution in [0.5, 0.6) is 5.75 Å². The molecule has 0 heterocycles. The normalized spacial score (nSPS) is 14.9. The first-order valence-corrected chi connectivity index (χ1v) is 5.55. The quantitative estimate of drug-likeness (QED) is 0.921. The molecule has 0 fully saturated rings. The molecule has 14 heavy (non-hydrogen) atoms. The Balaban J connectivity index is 2.73. The summed E-state index contributed by atoms with van der Waals surface area (Å²) in [6, 6.07) is 5.47. The van der Waals surface area contributed by atoms with Crippen molar-refractivity contribution in [3.8, 4) is 5.75 Å². The zero-order valence-electron chi connectivity index (χ0n) is 8.13. The maximum atomic E-state index is 5.92. The van der Waals surface area contributed by atoms with Gasteiger partial charge in [0.15, 0.2) is 0 Å². The molecule has 2 nitrogen and oxygen atoms in total. The zero-order chi connectivity index (χ0) is 10.7. The van der Waals surface area contributed by atoms with Crippen LogP contribution in [0.3, 0.4) is 0 Å². The summed E-state index contributed by atoms with van der Waals surface area (Å²) >= 11 is 9.23. The van der Waals surface area contributed by atoms with Gasteiger partial charge in [-0.15, -0.1) is 0 Å². The van der Waals surface area contributed by atoms with Gasteiger partial charge in [-0.1, -0.05) is 11.6 Å². The summed E-state index contributed by atoms with van der Waals surface area (Å²) in [4.78, 5) is 0. The standard InChI is InChI=1S/C10H13BrClNO/c1-6(13)7(2)14-8-3-4-9(11)10(12)5-8/h3-7H,13H2,1-2H3. The number of benzene rings is 1. The van der Waals surface area contributed by atoms with Crippen LogP contribution in [0.25, 0.3) is 0 Å². The summed E-state index contributed by atoms with van der Waals surface area (Å²) in [5, 5.41) is 0.638. The van der Waals surface area contributed by atoms with Crippen LogP contribution in [0.15, 0.2) is 22.7 Å². The van der Waals surface area contributed by atoms with E-state index in [0.29, 0.717) is 5.02 Å². The van der Waals surface area contributed by atoms with Crippen LogP contribution in [0.4, 0.5) is 0 Å². The Labute approximate surface area is 97.5 Å². The van der Waals surface area contributed by atoms with Crippen molar-refractivity contribution >= 4 is 27.5 Å². The summed E-state index contributed by atoms with van der Waals surface area (Å²) in [6.07, 6.45) is -0.0211. The van der Waals surface area contributed by atoms with Crippen LogP contribution in [-0.4, -0.2) is 12.1 Å². The molecule has 0 bridgehead atoms. The second-order valence-corrected chi connectivity index (χ2v) is 4.52. The first-order chi connectivity index (χ1) is 6.50. The third-order valence-corrected chi connectivity index (χ3v) is 3.19. The van der Waals surface area contributed by atoms with E-state index < -0.39 is 0 Å². The molecule has 0 amide bonds. The summed E-state index contributed by atoms with van der Waals surface area (Å²) in [5.41, 5.74) is 5.68. The molecule has 0 aliphatic rings. The van der Waals surface area contributed by atoms with Crippen molar-refractivity contribution < 1.29 is 4.74 Å². The molecule has 0 saturated heterocycles. The molecular formula is C10H13BrClNO. The van der Waals surface area contributed by atoms with Gasteiger partial charge in [-0.2, -0.15) is 0 Å². The van der Waals surface area contributed by atoms with Crippen LogP contribution in [0, 0.1) is 0 Å². The molecule has 2 atom stereocenters. The highest BCUT2D eigenvalue weighted by molar-refractivity contribution is 9.10. The summed E-state index contributed by atoms with van der Waals surface area (Å²) in [6.45, 7) is 3.84. The van der Waals surface area contributed by atoms with E-state index in [-0.39, 0.29) is 12.1 Å². The molecule has 2 N–H and O–H groups in total. The Bertz CT molecular complexity index is 317. The van der Waals surface area contributed by atoms with Crippen molar-refractivity contribution in [3.05, 3.63) is 27.7 Å². The molecule has 1 aromatic carbocycles. The molecule has 4 heteroatoms. The molecule has 2 unspecified atom stereocenters. The van der Waals surface area contributed by atoms with E-state index in [4.69, 9.17) is 22.1 Å². The monoisotopic (exact) mass is 277 g/mol. The average Bonchev–Trinajstić information content (AvgIpc) is 2.11. The SMILES string of the molecule is CC(N)C(C)Oc1ccc(Br)c(Cl)c1. The number of nitrogens with two attached hydrogens (primary N) is 1. The summed E-state index contributed by atoms with van der Waals surface area (Å²) < 4.78 is 6.44. The van der Waals surface area contributed by atoms with E-state index in [1.54, 1.807) is 6.07 Å². The van der Waals surface area contributed by atoms with Gasteiger partial charge < -0.3 is 10.5 Å². The second-order valence-electron chi connectivity index (χ2n) is 3.26. The van der Waals surface area contributed by atoms with Crippen molar-refractivity contribution in [1.29, 1.82) is 0 Å². The largest absolute Gasteiger partial charge is 0.489 e. The first-order valence-electron chi connectivity index (χ1n) is 4.38. The molecule has 0 aromatic heterocycles. The van der Waals surface area contributed by atoms with Crippen molar-refractivity contribution in [3.63, 3.8) is 0 Å². The fourth-order valence-corrected chi connectivity index (χ4v) is 1.29. The van der Waals surface area contributed by atoms with Crippen LogP contribution < -0.4 is 10.5 Å². The van der Waals surface area contributed by atoms with Gasteiger partial charge in [0.25, 0.3) is 0 Å². The highest BCUT2D eigenvalue weighted by Crippen LogP contribution is 2.27. The average molecular weight is 279 g/mol. The highest BCUT2D eigenvalue weighted by Gasteiger charge is 2.09. The van der Waals surface area contributed by atoms with Gasteiger partial charge in [0, 0.05) is 10.5 Å². The minimum atomic E-state index is -0.0211. The van der Waals surface area contributed by atoms with Gasteiger partial charge in [0.1, 0.15) is 11.9 Å². The Morgan fingerprint density at radius 2 is 2.07 bits per heavy atom. The summed E-state index contributed by atoms with van der Waals surface area (Å²) in [7, 11) is 0. The smallest absolute Gasteiger partial charge is 0.121 e. The third kappa shape index (κ3) is 3.15. The lowest BCUT2D eigenvalue weighted by atomic mass is 10.2. The first kappa shape index (κ1) is 11.8. The van der Waals surface area contributed by atoms with Crippen LogP contribution in [0.2, 0.25) is 5.02 Å². The third-order valence-electron chi connectivity index (χ3n) is 1.95. The fraction of sp³-hybridized carbons (Fsp3) is 0.400. The van der Waals surface area contributed by atoms with Crippen molar-refractivity contribution in [2.45, 2.75) is 26.0 Å². The van der Waals surface area contributed by atoms with Crippen LogP contribution >= 0.6 is 27.5 Å².